The molecule has 132 valence electrons. The zero-order chi connectivity index (χ0) is 17.0. The molecule has 5 nitrogen and oxygen atoms in total. The molecule has 2 unspecified atom stereocenters. The molecule has 2 amide bonds. The van der Waals surface area contributed by atoms with Crippen LogP contribution in [0.15, 0.2) is 30.3 Å². The van der Waals surface area contributed by atoms with Gasteiger partial charge in [0.05, 0.1) is 19.3 Å². The maximum atomic E-state index is 12.5. The molecule has 1 aliphatic carbocycles. The van der Waals surface area contributed by atoms with E-state index in [1.807, 2.05) is 30.3 Å². The Balaban J connectivity index is 1.66. The molecule has 24 heavy (non-hydrogen) atoms. The van der Waals surface area contributed by atoms with Crippen molar-refractivity contribution in [1.29, 1.82) is 0 Å². The molecule has 2 atom stereocenters. The summed E-state index contributed by atoms with van der Waals surface area (Å²) in [7, 11) is 0. The van der Waals surface area contributed by atoms with Crippen molar-refractivity contribution in [1.82, 2.24) is 10.6 Å². The summed E-state index contributed by atoms with van der Waals surface area (Å²) < 4.78 is 5.44. The predicted molar refractivity (Wildman–Crippen MR) is 92.6 cm³/mol. The molecular formula is C19H28N2O3. The largest absolute Gasteiger partial charge is 0.396 e. The van der Waals surface area contributed by atoms with E-state index in [0.717, 1.165) is 37.9 Å². The van der Waals surface area contributed by atoms with E-state index in [2.05, 4.69) is 17.6 Å². The summed E-state index contributed by atoms with van der Waals surface area (Å²) in [6, 6.07) is 9.63. The highest BCUT2D eigenvalue weighted by Gasteiger charge is 2.45. The van der Waals surface area contributed by atoms with Gasteiger partial charge >= 0.3 is 6.03 Å². The molecule has 0 spiro atoms. The lowest BCUT2D eigenvalue weighted by molar-refractivity contribution is 0.00899. The maximum Gasteiger partial charge on any atom is 0.315 e. The zero-order valence-corrected chi connectivity index (χ0v) is 14.4. The predicted octanol–water partition coefficient (Wildman–Crippen LogP) is 2.62. The lowest BCUT2D eigenvalue weighted by Gasteiger charge is -2.47. The number of urea groups is 1. The van der Waals surface area contributed by atoms with Crippen LogP contribution in [0.3, 0.4) is 0 Å². The van der Waals surface area contributed by atoms with E-state index >= 15 is 0 Å². The van der Waals surface area contributed by atoms with Crippen LogP contribution >= 0.6 is 0 Å². The van der Waals surface area contributed by atoms with Crippen molar-refractivity contribution in [3.63, 3.8) is 0 Å². The van der Waals surface area contributed by atoms with Crippen molar-refractivity contribution in [3.8, 4) is 0 Å². The van der Waals surface area contributed by atoms with E-state index in [4.69, 9.17) is 4.74 Å². The van der Waals surface area contributed by atoms with Crippen LogP contribution in [0.4, 0.5) is 4.79 Å². The Bertz CT molecular complexity index is 545. The van der Waals surface area contributed by atoms with Gasteiger partial charge in [0, 0.05) is 24.0 Å². The Labute approximate surface area is 143 Å². The highest BCUT2D eigenvalue weighted by atomic mass is 16.5. The second-order valence-corrected chi connectivity index (χ2v) is 7.66. The van der Waals surface area contributed by atoms with E-state index < -0.39 is 0 Å². The molecule has 2 aliphatic rings. The summed E-state index contributed by atoms with van der Waals surface area (Å²) in [4.78, 5) is 12.5. The standard InChI is InChI=1S/C19H28N2O3/c1-18(10-11-24-14-18)12-20-17(23)21-16(15-6-3-2-4-7-15)19(13-22)8-5-9-19/h2-4,6-7,16,22H,5,8-14H2,1H3,(H2,20,21,23). The molecule has 1 saturated heterocycles. The van der Waals surface area contributed by atoms with Gasteiger partial charge < -0.3 is 20.5 Å². The molecular weight excluding hydrogens is 304 g/mol. The molecule has 5 heteroatoms. The van der Waals surface area contributed by atoms with Crippen LogP contribution in [-0.2, 0) is 4.74 Å². The van der Waals surface area contributed by atoms with Crippen LogP contribution < -0.4 is 10.6 Å². The Kier molecular flexibility index (Phi) is 5.11. The third kappa shape index (κ3) is 3.57. The van der Waals surface area contributed by atoms with Gasteiger partial charge in [-0.05, 0) is 24.8 Å². The van der Waals surface area contributed by atoms with Crippen LogP contribution in [0.1, 0.15) is 44.2 Å². The third-order valence-corrected chi connectivity index (χ3v) is 5.66. The number of aliphatic hydroxyl groups is 1. The fourth-order valence-electron chi connectivity index (χ4n) is 3.73. The van der Waals surface area contributed by atoms with Gasteiger partial charge in [-0.1, -0.05) is 43.7 Å². The van der Waals surface area contributed by atoms with Gasteiger partial charge in [-0.3, -0.25) is 0 Å². The molecule has 0 aromatic heterocycles. The molecule has 0 radical (unpaired) electrons. The summed E-state index contributed by atoms with van der Waals surface area (Å²) in [6.07, 6.45) is 3.95. The van der Waals surface area contributed by atoms with Gasteiger partial charge in [0.15, 0.2) is 0 Å². The summed E-state index contributed by atoms with van der Waals surface area (Å²) in [6.45, 7) is 4.29. The van der Waals surface area contributed by atoms with Crippen LogP contribution in [0.2, 0.25) is 0 Å². The number of rotatable bonds is 6. The van der Waals surface area contributed by atoms with Crippen molar-refractivity contribution >= 4 is 6.03 Å². The van der Waals surface area contributed by atoms with Gasteiger partial charge in [-0.2, -0.15) is 0 Å². The summed E-state index contributed by atoms with van der Waals surface area (Å²) in [5.74, 6) is 0. The van der Waals surface area contributed by atoms with E-state index in [0.29, 0.717) is 13.2 Å². The van der Waals surface area contributed by atoms with Crippen LogP contribution in [0.25, 0.3) is 0 Å². The molecule has 3 rings (SSSR count). The zero-order valence-electron chi connectivity index (χ0n) is 14.4. The van der Waals surface area contributed by atoms with E-state index in [-0.39, 0.29) is 29.5 Å². The van der Waals surface area contributed by atoms with Gasteiger partial charge in [-0.15, -0.1) is 0 Å². The number of carbonyl (C=O) groups excluding carboxylic acids is 1. The normalized spacial score (nSPS) is 26.4. The Hall–Kier alpha value is -1.59. The van der Waals surface area contributed by atoms with Gasteiger partial charge in [-0.25, -0.2) is 4.79 Å². The third-order valence-electron chi connectivity index (χ3n) is 5.66. The minimum Gasteiger partial charge on any atom is -0.396 e. The van der Waals surface area contributed by atoms with Crippen molar-refractivity contribution < 1.29 is 14.6 Å². The fourth-order valence-corrected chi connectivity index (χ4v) is 3.73. The average Bonchev–Trinajstić information content (AvgIpc) is 2.99. The Morgan fingerprint density at radius 2 is 2.04 bits per heavy atom. The average molecular weight is 332 g/mol. The number of benzene rings is 1. The van der Waals surface area contributed by atoms with E-state index in [9.17, 15) is 9.90 Å². The summed E-state index contributed by atoms with van der Waals surface area (Å²) in [5, 5.41) is 16.1. The van der Waals surface area contributed by atoms with E-state index in [1.165, 1.54) is 0 Å². The quantitative estimate of drug-likeness (QED) is 0.750. The number of hydrogen-bond donors (Lipinski definition) is 3. The Morgan fingerprint density at radius 3 is 2.58 bits per heavy atom. The van der Waals surface area contributed by atoms with Crippen LogP contribution in [-0.4, -0.2) is 37.5 Å². The highest BCUT2D eigenvalue weighted by molar-refractivity contribution is 5.74. The monoisotopic (exact) mass is 332 g/mol. The molecule has 2 fully saturated rings. The van der Waals surface area contributed by atoms with E-state index in [1.54, 1.807) is 0 Å². The second kappa shape index (κ2) is 7.11. The van der Waals surface area contributed by atoms with Gasteiger partial charge in [0.1, 0.15) is 0 Å². The SMILES string of the molecule is CC1(CNC(=O)NC(c2ccccc2)C2(CO)CCC2)CCOC1. The number of hydrogen-bond acceptors (Lipinski definition) is 3. The molecule has 1 aromatic rings. The molecule has 1 heterocycles. The minimum absolute atomic E-state index is 0.0186. The molecule has 0 bridgehead atoms. The first-order valence-corrected chi connectivity index (χ1v) is 8.85. The van der Waals surface area contributed by atoms with Crippen LogP contribution in [0, 0.1) is 10.8 Å². The Morgan fingerprint density at radius 1 is 1.29 bits per heavy atom. The number of aliphatic hydroxyl groups excluding tert-OH is 1. The fraction of sp³-hybridized carbons (Fsp3) is 0.632. The van der Waals surface area contributed by atoms with Crippen LogP contribution in [0.5, 0.6) is 0 Å². The number of carbonyl (C=O) groups is 1. The van der Waals surface area contributed by atoms with Crippen molar-refractivity contribution in [3.05, 3.63) is 35.9 Å². The first kappa shape index (κ1) is 17.2. The smallest absolute Gasteiger partial charge is 0.315 e. The number of nitrogens with one attached hydrogen (secondary N) is 2. The summed E-state index contributed by atoms with van der Waals surface area (Å²) >= 11 is 0. The highest BCUT2D eigenvalue weighted by Crippen LogP contribution is 2.49. The molecule has 1 aliphatic heterocycles. The van der Waals surface area contributed by atoms with Gasteiger partial charge in [0.2, 0.25) is 0 Å². The minimum atomic E-state index is -0.237. The lowest BCUT2D eigenvalue weighted by atomic mass is 9.63. The molecule has 3 N–H and O–H groups in total. The number of amides is 2. The second-order valence-electron chi connectivity index (χ2n) is 7.66. The summed E-state index contributed by atoms with van der Waals surface area (Å²) in [5.41, 5.74) is 0.834. The lowest BCUT2D eigenvalue weighted by Crippen LogP contribution is -2.51. The first-order valence-electron chi connectivity index (χ1n) is 8.85. The maximum absolute atomic E-state index is 12.5. The van der Waals surface area contributed by atoms with Gasteiger partial charge in [0.25, 0.3) is 0 Å². The topological polar surface area (TPSA) is 70.6 Å². The van der Waals surface area contributed by atoms with Crippen molar-refractivity contribution in [2.45, 2.75) is 38.6 Å². The molecule has 1 aromatic carbocycles. The number of ether oxygens (including phenoxy) is 1. The first-order chi connectivity index (χ1) is 11.6. The van der Waals surface area contributed by atoms with Crippen molar-refractivity contribution in [2.24, 2.45) is 10.8 Å². The molecule has 1 saturated carbocycles. The van der Waals surface area contributed by atoms with Crippen molar-refractivity contribution in [2.75, 3.05) is 26.4 Å².